The second-order valence-corrected chi connectivity index (χ2v) is 8.49. The normalized spacial score (nSPS) is 11.0. The molecule has 0 fully saturated rings. The van der Waals surface area contributed by atoms with Crippen molar-refractivity contribution in [2.45, 2.75) is 71.6 Å². The molecule has 0 aliphatic heterocycles. The molecule has 0 spiro atoms. The van der Waals surface area contributed by atoms with Crippen LogP contribution in [0.4, 0.5) is 4.39 Å². The highest BCUT2D eigenvalue weighted by Gasteiger charge is 2.08. The van der Waals surface area contributed by atoms with E-state index in [9.17, 15) is 4.39 Å². The molecule has 0 aliphatic carbocycles. The van der Waals surface area contributed by atoms with Gasteiger partial charge in [0.05, 0.1) is 12.3 Å². The number of unbranched alkanes of at least 4 members (excludes halogenated alkanes) is 6. The number of ether oxygens (including phenoxy) is 1. The van der Waals surface area contributed by atoms with Crippen LogP contribution in [0, 0.1) is 5.82 Å². The van der Waals surface area contributed by atoms with Crippen LogP contribution in [-0.2, 0) is 6.42 Å². The number of aryl methyl sites for hydroxylation is 1. The van der Waals surface area contributed by atoms with Crippen LogP contribution >= 0.6 is 0 Å². The molecule has 3 aromatic rings. The molecule has 0 amide bonds. The van der Waals surface area contributed by atoms with Crippen molar-refractivity contribution in [2.75, 3.05) is 6.61 Å². The lowest BCUT2D eigenvalue weighted by molar-refractivity contribution is 0.304. The van der Waals surface area contributed by atoms with Crippen LogP contribution in [0.15, 0.2) is 60.8 Å². The Balaban J connectivity index is 1.57. The number of pyridine rings is 1. The lowest BCUT2D eigenvalue weighted by atomic mass is 10.0. The third kappa shape index (κ3) is 7.19. The van der Waals surface area contributed by atoms with Gasteiger partial charge in [-0.25, -0.2) is 4.39 Å². The summed E-state index contributed by atoms with van der Waals surface area (Å²) in [5.74, 6) is 0.699. The van der Waals surface area contributed by atoms with Crippen LogP contribution in [0.25, 0.3) is 22.4 Å². The standard InChI is InChI=1S/C29H36FNO/c1-3-5-7-8-10-20-32-26-16-13-24(14-17-26)25-15-19-29(31-22-25)27-18-12-23(21-28(27)30)11-9-6-4-2/h12-19,21-22H,3-11,20H2,1-2H3. The molecule has 2 nitrogen and oxygen atoms in total. The van der Waals surface area contributed by atoms with E-state index >= 15 is 0 Å². The Bertz CT molecular complexity index is 934. The molecule has 170 valence electrons. The second kappa shape index (κ2) is 13.0. The van der Waals surface area contributed by atoms with Crippen LogP contribution in [0.1, 0.15) is 70.8 Å². The average Bonchev–Trinajstić information content (AvgIpc) is 2.82. The maximum atomic E-state index is 14.6. The molecular formula is C29H36FNO. The molecule has 1 heterocycles. The molecule has 32 heavy (non-hydrogen) atoms. The highest BCUT2D eigenvalue weighted by molar-refractivity contribution is 5.67. The molecule has 3 rings (SSSR count). The third-order valence-corrected chi connectivity index (χ3v) is 5.85. The molecule has 3 heteroatoms. The molecule has 1 aromatic heterocycles. The van der Waals surface area contributed by atoms with E-state index in [2.05, 4.69) is 31.0 Å². The van der Waals surface area contributed by atoms with E-state index in [1.165, 1.54) is 38.5 Å². The summed E-state index contributed by atoms with van der Waals surface area (Å²) in [5.41, 5.74) is 4.36. The molecule has 0 aliphatic rings. The first-order valence-electron chi connectivity index (χ1n) is 12.2. The van der Waals surface area contributed by atoms with Crippen molar-refractivity contribution in [3.05, 3.63) is 72.2 Å². The Labute approximate surface area is 192 Å². The lowest BCUT2D eigenvalue weighted by Gasteiger charge is -2.09. The SMILES string of the molecule is CCCCCCCOc1ccc(-c2ccc(-c3ccc(CCCCC)cc3F)nc2)cc1. The van der Waals surface area contributed by atoms with Gasteiger partial charge in [0.1, 0.15) is 11.6 Å². The third-order valence-electron chi connectivity index (χ3n) is 5.85. The number of nitrogens with zero attached hydrogens (tertiary/aromatic N) is 1. The minimum absolute atomic E-state index is 0.199. The Morgan fingerprint density at radius 2 is 1.47 bits per heavy atom. The fraction of sp³-hybridized carbons (Fsp3) is 0.414. The smallest absolute Gasteiger partial charge is 0.132 e. The van der Waals surface area contributed by atoms with Gasteiger partial charge >= 0.3 is 0 Å². The van der Waals surface area contributed by atoms with Crippen LogP contribution < -0.4 is 4.74 Å². The number of hydrogen-bond donors (Lipinski definition) is 0. The topological polar surface area (TPSA) is 22.1 Å². The van der Waals surface area contributed by atoms with Crippen molar-refractivity contribution in [1.29, 1.82) is 0 Å². The summed E-state index contributed by atoms with van der Waals surface area (Å²) in [5, 5.41) is 0. The van der Waals surface area contributed by atoms with Gasteiger partial charge in [-0.2, -0.15) is 0 Å². The zero-order chi connectivity index (χ0) is 22.6. The maximum Gasteiger partial charge on any atom is 0.132 e. The van der Waals surface area contributed by atoms with E-state index in [0.29, 0.717) is 11.3 Å². The zero-order valence-electron chi connectivity index (χ0n) is 19.6. The summed E-state index contributed by atoms with van der Waals surface area (Å²) in [6.07, 6.45) is 12.4. The molecule has 0 unspecified atom stereocenters. The number of hydrogen-bond acceptors (Lipinski definition) is 2. The molecule has 2 aromatic carbocycles. The lowest BCUT2D eigenvalue weighted by Crippen LogP contribution is -1.97. The summed E-state index contributed by atoms with van der Waals surface area (Å²) in [6.45, 7) is 5.17. The molecule has 0 atom stereocenters. The van der Waals surface area contributed by atoms with E-state index in [1.54, 1.807) is 6.07 Å². The number of benzene rings is 2. The summed E-state index contributed by atoms with van der Waals surface area (Å²) in [6, 6.07) is 17.5. The zero-order valence-corrected chi connectivity index (χ0v) is 19.6. The van der Waals surface area contributed by atoms with E-state index in [4.69, 9.17) is 4.74 Å². The first kappa shape index (κ1) is 24.0. The first-order valence-corrected chi connectivity index (χ1v) is 12.2. The predicted molar refractivity (Wildman–Crippen MR) is 133 cm³/mol. The Morgan fingerprint density at radius 1 is 0.750 bits per heavy atom. The molecule has 0 radical (unpaired) electrons. The summed E-state index contributed by atoms with van der Waals surface area (Å²) in [4.78, 5) is 4.53. The van der Waals surface area contributed by atoms with Gasteiger partial charge < -0.3 is 4.74 Å². The van der Waals surface area contributed by atoms with E-state index in [1.807, 2.05) is 42.6 Å². The second-order valence-electron chi connectivity index (χ2n) is 8.49. The summed E-state index contributed by atoms with van der Waals surface area (Å²) < 4.78 is 20.5. The fourth-order valence-corrected chi connectivity index (χ4v) is 3.86. The van der Waals surface area contributed by atoms with Crippen LogP contribution in [0.2, 0.25) is 0 Å². The minimum atomic E-state index is -0.199. The highest BCUT2D eigenvalue weighted by Crippen LogP contribution is 2.27. The van der Waals surface area contributed by atoms with E-state index in [0.717, 1.165) is 48.3 Å². The van der Waals surface area contributed by atoms with Crippen molar-refractivity contribution in [2.24, 2.45) is 0 Å². The van der Waals surface area contributed by atoms with Gasteiger partial charge in [-0.1, -0.05) is 76.6 Å². The number of aromatic nitrogens is 1. The molecule has 0 bridgehead atoms. The van der Waals surface area contributed by atoms with Crippen LogP contribution in [-0.4, -0.2) is 11.6 Å². The fourth-order valence-electron chi connectivity index (χ4n) is 3.86. The first-order chi connectivity index (χ1) is 15.7. The van der Waals surface area contributed by atoms with Crippen molar-refractivity contribution in [3.63, 3.8) is 0 Å². The summed E-state index contributed by atoms with van der Waals surface area (Å²) >= 11 is 0. The Hall–Kier alpha value is -2.68. The van der Waals surface area contributed by atoms with Gasteiger partial charge in [0.25, 0.3) is 0 Å². The van der Waals surface area contributed by atoms with E-state index < -0.39 is 0 Å². The van der Waals surface area contributed by atoms with Crippen molar-refractivity contribution in [3.8, 4) is 28.1 Å². The largest absolute Gasteiger partial charge is 0.494 e. The van der Waals surface area contributed by atoms with Crippen molar-refractivity contribution in [1.82, 2.24) is 4.98 Å². The monoisotopic (exact) mass is 433 g/mol. The van der Waals surface area contributed by atoms with E-state index in [-0.39, 0.29) is 5.82 Å². The highest BCUT2D eigenvalue weighted by atomic mass is 19.1. The van der Waals surface area contributed by atoms with Gasteiger partial charge in [0.15, 0.2) is 0 Å². The number of halogens is 1. The predicted octanol–water partition coefficient (Wildman–Crippen LogP) is 8.64. The molecular weight excluding hydrogens is 397 g/mol. The van der Waals surface area contributed by atoms with Crippen molar-refractivity contribution >= 4 is 0 Å². The maximum absolute atomic E-state index is 14.6. The summed E-state index contributed by atoms with van der Waals surface area (Å²) in [7, 11) is 0. The van der Waals surface area contributed by atoms with Gasteiger partial charge in [-0.3, -0.25) is 4.98 Å². The van der Waals surface area contributed by atoms with Gasteiger partial charge in [0.2, 0.25) is 0 Å². The van der Waals surface area contributed by atoms with Crippen LogP contribution in [0.5, 0.6) is 5.75 Å². The average molecular weight is 434 g/mol. The number of rotatable bonds is 13. The Morgan fingerprint density at radius 3 is 2.16 bits per heavy atom. The van der Waals surface area contributed by atoms with Gasteiger partial charge in [-0.15, -0.1) is 0 Å². The molecule has 0 saturated heterocycles. The van der Waals surface area contributed by atoms with Crippen LogP contribution in [0.3, 0.4) is 0 Å². The Kier molecular flexibility index (Phi) is 9.74. The quantitative estimate of drug-likeness (QED) is 0.252. The molecule has 0 N–H and O–H groups in total. The van der Waals surface area contributed by atoms with Gasteiger partial charge in [0, 0.05) is 17.3 Å². The van der Waals surface area contributed by atoms with Gasteiger partial charge in [-0.05, 0) is 60.7 Å². The molecule has 0 saturated carbocycles. The van der Waals surface area contributed by atoms with Crippen molar-refractivity contribution < 1.29 is 9.13 Å². The minimum Gasteiger partial charge on any atom is -0.494 e.